The molecule has 0 bridgehead atoms. The van der Waals surface area contributed by atoms with Crippen LogP contribution in [0.15, 0.2) is 0 Å². The van der Waals surface area contributed by atoms with Gasteiger partial charge in [-0.2, -0.15) is 0 Å². The molecule has 0 spiro atoms. The Morgan fingerprint density at radius 3 is 1.65 bits per heavy atom. The summed E-state index contributed by atoms with van der Waals surface area (Å²) in [5, 5.41) is 6.36. The Morgan fingerprint density at radius 2 is 1.35 bits per heavy atom. The molecule has 0 saturated heterocycles. The average Bonchev–Trinajstić information content (AvgIpc) is 2.35. The largest absolute Gasteiger partial charge is 0.352 e. The van der Waals surface area contributed by atoms with E-state index in [0.29, 0.717) is 5.92 Å². The zero-order chi connectivity index (χ0) is 16.0. The minimum atomic E-state index is -0.750. The normalized spacial score (nSPS) is 11.1. The molecule has 122 valence electrons. The van der Waals surface area contributed by atoms with Gasteiger partial charge in [0, 0.05) is 0 Å². The Bertz CT molecular complexity index is 223. The van der Waals surface area contributed by atoms with Crippen molar-refractivity contribution in [3.05, 3.63) is 4.91 Å². The third-order valence-corrected chi connectivity index (χ3v) is 3.54. The van der Waals surface area contributed by atoms with Gasteiger partial charge in [0.25, 0.3) is 0 Å². The van der Waals surface area contributed by atoms with Crippen LogP contribution in [0.4, 0.5) is 0 Å². The molecule has 0 amide bonds. The van der Waals surface area contributed by atoms with Gasteiger partial charge in [0.05, 0.1) is 5.66 Å². The molecule has 20 heavy (non-hydrogen) atoms. The summed E-state index contributed by atoms with van der Waals surface area (Å²) in [4.78, 5) is 8.69. The molecule has 0 aliphatic heterocycles. The standard InChI is InChI=1S/C14H32N2.H3N2O2/c1-4-7-10-13(11-8-5-2)14(15,16)12-9-6-3;1-2(3)4/h13H,4-12,15-16H2,1-3H3;1H2,(H,3,4)/q;+1. The summed E-state index contributed by atoms with van der Waals surface area (Å²) >= 11 is 0. The predicted molar refractivity (Wildman–Crippen MR) is 82.8 cm³/mol. The van der Waals surface area contributed by atoms with Gasteiger partial charge in [0.15, 0.2) is 0 Å². The van der Waals surface area contributed by atoms with Crippen molar-refractivity contribution in [3.63, 3.8) is 0 Å². The second-order valence-electron chi connectivity index (χ2n) is 5.50. The molecule has 0 fully saturated rings. The van der Waals surface area contributed by atoms with E-state index >= 15 is 0 Å². The van der Waals surface area contributed by atoms with Crippen LogP contribution in [0.25, 0.3) is 0 Å². The molecule has 0 aliphatic carbocycles. The van der Waals surface area contributed by atoms with E-state index in [0.717, 1.165) is 12.8 Å². The second-order valence-corrected chi connectivity index (χ2v) is 5.50. The van der Waals surface area contributed by atoms with E-state index in [2.05, 4.69) is 26.6 Å². The minimum absolute atomic E-state index is 0.430. The molecule has 6 heteroatoms. The first-order valence-corrected chi connectivity index (χ1v) is 7.80. The van der Waals surface area contributed by atoms with Crippen molar-refractivity contribution in [2.75, 3.05) is 0 Å². The maximum atomic E-state index is 8.69. The quantitative estimate of drug-likeness (QED) is 0.280. The number of rotatable bonds is 10. The lowest BCUT2D eigenvalue weighted by atomic mass is 9.82. The van der Waals surface area contributed by atoms with Gasteiger partial charge in [-0.1, -0.05) is 59.3 Å². The van der Waals surface area contributed by atoms with Crippen LogP contribution < -0.4 is 17.3 Å². The van der Waals surface area contributed by atoms with Crippen LogP contribution in [-0.4, -0.2) is 15.9 Å². The fourth-order valence-electron chi connectivity index (χ4n) is 2.27. The summed E-state index contributed by atoms with van der Waals surface area (Å²) in [5.74, 6) is 4.46. The summed E-state index contributed by atoms with van der Waals surface area (Å²) in [6, 6.07) is 0. The first-order valence-electron chi connectivity index (χ1n) is 7.80. The van der Waals surface area contributed by atoms with Crippen molar-refractivity contribution in [1.29, 1.82) is 0 Å². The number of nitrogens with two attached hydrogens (primary N) is 3. The highest BCUT2D eigenvalue weighted by Crippen LogP contribution is 2.26. The SMILES string of the molecule is CCCCC(CCCC)C(N)(N)CCCC.N[N+](=O)O. The van der Waals surface area contributed by atoms with Crippen LogP contribution in [0, 0.1) is 10.8 Å². The highest BCUT2D eigenvalue weighted by Gasteiger charge is 2.28. The van der Waals surface area contributed by atoms with E-state index in [1.807, 2.05) is 0 Å². The Kier molecular flexibility index (Phi) is 14.1. The van der Waals surface area contributed by atoms with Gasteiger partial charge < -0.3 is 11.5 Å². The summed E-state index contributed by atoms with van der Waals surface area (Å²) in [7, 11) is 0. The smallest absolute Gasteiger partial charge is 0.313 e. The number of nitrogens with zero attached hydrogens (tertiary/aromatic N) is 1. The predicted octanol–water partition coefficient (Wildman–Crippen LogP) is 2.82. The molecule has 0 unspecified atom stereocenters. The fourth-order valence-corrected chi connectivity index (χ4v) is 2.27. The van der Waals surface area contributed by atoms with Crippen LogP contribution in [0.5, 0.6) is 0 Å². The van der Waals surface area contributed by atoms with Crippen molar-refractivity contribution in [1.82, 2.24) is 0 Å². The van der Waals surface area contributed by atoms with Gasteiger partial charge in [-0.25, -0.2) is 5.21 Å². The lowest BCUT2D eigenvalue weighted by Gasteiger charge is -2.34. The van der Waals surface area contributed by atoms with Crippen LogP contribution >= 0.6 is 0 Å². The fraction of sp³-hybridized carbons (Fsp3) is 1.00. The molecular formula is C14H35N4O2+. The maximum absolute atomic E-state index is 8.69. The maximum Gasteiger partial charge on any atom is 0.352 e. The first-order chi connectivity index (χ1) is 9.31. The third kappa shape index (κ3) is 13.5. The molecule has 0 aliphatic rings. The molecule has 0 heterocycles. The minimum Gasteiger partial charge on any atom is -0.313 e. The molecule has 0 aromatic heterocycles. The van der Waals surface area contributed by atoms with Crippen molar-refractivity contribution >= 4 is 0 Å². The van der Waals surface area contributed by atoms with Crippen molar-refractivity contribution < 1.29 is 10.2 Å². The summed E-state index contributed by atoms with van der Waals surface area (Å²) in [6.07, 6.45) is 10.7. The van der Waals surface area contributed by atoms with Gasteiger partial charge in [0.2, 0.25) is 0 Å². The zero-order valence-corrected chi connectivity index (χ0v) is 13.5. The lowest BCUT2D eigenvalue weighted by Crippen LogP contribution is -2.55. The zero-order valence-electron chi connectivity index (χ0n) is 13.5. The molecule has 0 rings (SSSR count). The molecule has 7 N–H and O–H groups in total. The highest BCUT2D eigenvalue weighted by molar-refractivity contribution is 4.85. The molecule has 0 aromatic rings. The Morgan fingerprint density at radius 1 is 1.00 bits per heavy atom. The van der Waals surface area contributed by atoms with Crippen molar-refractivity contribution in [3.8, 4) is 0 Å². The Balaban J connectivity index is 0. The number of hydrazine groups is 1. The second kappa shape index (κ2) is 13.1. The van der Waals surface area contributed by atoms with Crippen molar-refractivity contribution in [2.24, 2.45) is 23.2 Å². The van der Waals surface area contributed by atoms with E-state index in [1.165, 1.54) is 44.9 Å². The first kappa shape index (κ1) is 21.4. The average molecular weight is 291 g/mol. The summed E-state index contributed by atoms with van der Waals surface area (Å²) in [6.45, 7) is 6.67. The molecule has 0 atom stereocenters. The van der Waals surface area contributed by atoms with Gasteiger partial charge in [-0.3, -0.25) is 0 Å². The van der Waals surface area contributed by atoms with Gasteiger partial charge in [0.1, 0.15) is 4.91 Å². The van der Waals surface area contributed by atoms with Crippen LogP contribution in [-0.2, 0) is 0 Å². The van der Waals surface area contributed by atoms with Gasteiger partial charge >= 0.3 is 5.03 Å². The lowest BCUT2D eigenvalue weighted by molar-refractivity contribution is -0.801. The van der Waals surface area contributed by atoms with Gasteiger partial charge in [-0.15, -0.1) is 5.84 Å². The summed E-state index contributed by atoms with van der Waals surface area (Å²) in [5.41, 5.74) is 12.2. The number of unbranched alkanes of at least 4 members (excludes halogenated alkanes) is 3. The molecule has 0 radical (unpaired) electrons. The van der Waals surface area contributed by atoms with E-state index in [-0.39, 0.29) is 0 Å². The van der Waals surface area contributed by atoms with E-state index in [4.69, 9.17) is 21.6 Å². The highest BCUT2D eigenvalue weighted by atomic mass is 16.7. The Labute approximate surface area is 123 Å². The number of hydrogen-bond acceptors (Lipinski definition) is 3. The molecule has 6 nitrogen and oxygen atoms in total. The van der Waals surface area contributed by atoms with Crippen LogP contribution in [0.2, 0.25) is 0 Å². The Hall–Kier alpha value is -0.880. The topological polar surface area (TPSA) is 118 Å². The third-order valence-electron chi connectivity index (χ3n) is 3.54. The van der Waals surface area contributed by atoms with Gasteiger partial charge in [-0.05, 0) is 25.2 Å². The summed E-state index contributed by atoms with van der Waals surface area (Å²) < 4.78 is 0. The van der Waals surface area contributed by atoms with E-state index in [9.17, 15) is 0 Å². The van der Waals surface area contributed by atoms with E-state index in [1.54, 1.807) is 0 Å². The molecule has 0 saturated carbocycles. The van der Waals surface area contributed by atoms with E-state index < -0.39 is 10.7 Å². The monoisotopic (exact) mass is 291 g/mol. The van der Waals surface area contributed by atoms with Crippen LogP contribution in [0.1, 0.15) is 78.6 Å². The molecule has 0 aromatic carbocycles. The number of hydrogen-bond donors (Lipinski definition) is 4. The van der Waals surface area contributed by atoms with Crippen LogP contribution in [0.3, 0.4) is 0 Å². The molecular weight excluding hydrogens is 256 g/mol. The van der Waals surface area contributed by atoms with Crippen molar-refractivity contribution in [2.45, 2.75) is 84.2 Å².